The van der Waals surface area contributed by atoms with Gasteiger partial charge in [0.2, 0.25) is 21.8 Å². The topological polar surface area (TPSA) is 157 Å². The number of methoxy groups -OCH3 is 1. The Morgan fingerprint density at radius 3 is 2.71 bits per heavy atom. The number of pyridine rings is 1. The monoisotopic (exact) mass is 707 g/mol. The van der Waals surface area contributed by atoms with Gasteiger partial charge in [0, 0.05) is 47.4 Å². The number of carbonyl (C=O) groups excluding carboxylic acids is 3. The molecule has 3 aromatic rings. The van der Waals surface area contributed by atoms with Crippen molar-refractivity contribution in [3.8, 4) is 22.2 Å². The molecule has 3 fully saturated rings. The Kier molecular flexibility index (Phi) is 9.11. The third kappa shape index (κ3) is 6.77. The molecule has 2 aromatic heterocycles. The fourth-order valence-electron chi connectivity index (χ4n) is 7.01. The Hall–Kier alpha value is -4.04. The number of aryl methyl sites for hydroxylation is 1. The quantitative estimate of drug-likeness (QED) is 0.340. The summed E-state index contributed by atoms with van der Waals surface area (Å²) in [5.74, 6) is -0.471. The molecule has 0 radical (unpaired) electrons. The van der Waals surface area contributed by atoms with Crippen LogP contribution in [0.3, 0.4) is 0 Å². The average Bonchev–Trinajstić information content (AvgIpc) is 3.94. The van der Waals surface area contributed by atoms with Crippen LogP contribution in [-0.4, -0.2) is 77.6 Å². The predicted molar refractivity (Wildman–Crippen MR) is 185 cm³/mol. The van der Waals surface area contributed by atoms with Crippen molar-refractivity contribution in [1.29, 1.82) is 0 Å². The van der Waals surface area contributed by atoms with E-state index in [4.69, 9.17) is 14.5 Å². The van der Waals surface area contributed by atoms with E-state index in [1.54, 1.807) is 18.2 Å². The number of nitrogens with zero attached hydrogens (tertiary/aromatic N) is 3. The summed E-state index contributed by atoms with van der Waals surface area (Å²) < 4.78 is 39.9. The summed E-state index contributed by atoms with van der Waals surface area (Å²) in [7, 11) is -2.21. The van der Waals surface area contributed by atoms with E-state index < -0.39 is 44.8 Å². The molecule has 0 spiro atoms. The molecule has 1 aromatic carbocycles. The van der Waals surface area contributed by atoms with Crippen molar-refractivity contribution < 1.29 is 32.3 Å². The molecule has 2 aliphatic carbocycles. The van der Waals surface area contributed by atoms with Crippen molar-refractivity contribution in [3.05, 3.63) is 47.5 Å². The summed E-state index contributed by atoms with van der Waals surface area (Å²) in [4.78, 5) is 52.3. The predicted octanol–water partition coefficient (Wildman–Crippen LogP) is 4.42. The molecule has 0 unspecified atom stereocenters. The number of allylic oxidation sites excluding steroid dienone is 1. The summed E-state index contributed by atoms with van der Waals surface area (Å²) in [6.45, 7) is 2.11. The van der Waals surface area contributed by atoms with Gasteiger partial charge in [0.05, 0.1) is 24.4 Å². The highest BCUT2D eigenvalue weighted by Gasteiger charge is 2.62. The standard InChI is InChI=1S/C35H41N5O7S2/c1-21-28(46-2)14-13-25-29(18-26(37-31(21)25)33-36-15-16-48-33)47-23-17-27-32(42)38-35(34(43)39-49(44,45)24-11-12-24)19-22(35)9-7-5-3-4-6-8-10-30(41)40(27)20-23/h7,9,13-16,18,22-24,27H,3-6,8,10-12,17,19-20H2,1-2H3,(H,38,42)(H,39,43)/b9-7-/t22-,23-,27+,35-/m1/s1. The number of carbonyl (C=O) groups is 3. The lowest BCUT2D eigenvalue weighted by Crippen LogP contribution is -2.56. The number of rotatable bonds is 7. The Bertz CT molecular complexity index is 1910. The van der Waals surface area contributed by atoms with Gasteiger partial charge in [0.1, 0.15) is 39.9 Å². The third-order valence-electron chi connectivity index (χ3n) is 10.0. The van der Waals surface area contributed by atoms with Crippen LogP contribution in [0.4, 0.5) is 0 Å². The van der Waals surface area contributed by atoms with Gasteiger partial charge in [0.15, 0.2) is 0 Å². The number of amides is 3. The third-order valence-corrected chi connectivity index (χ3v) is 12.7. The minimum atomic E-state index is -3.82. The summed E-state index contributed by atoms with van der Waals surface area (Å²) >= 11 is 1.46. The number of nitrogens with one attached hydrogen (secondary N) is 2. The van der Waals surface area contributed by atoms with Crippen LogP contribution in [0.25, 0.3) is 21.6 Å². The number of fused-ring (bicyclic) bond motifs is 3. The summed E-state index contributed by atoms with van der Waals surface area (Å²) in [6.07, 6.45) is 11.2. The Morgan fingerprint density at radius 2 is 1.96 bits per heavy atom. The highest BCUT2D eigenvalue weighted by atomic mass is 32.2. The first-order valence-corrected chi connectivity index (χ1v) is 19.4. The second kappa shape index (κ2) is 13.3. The molecule has 14 heteroatoms. The number of sulfonamides is 1. The maximum atomic E-state index is 14.1. The van der Waals surface area contributed by atoms with E-state index in [1.165, 1.54) is 11.3 Å². The van der Waals surface area contributed by atoms with Gasteiger partial charge >= 0.3 is 0 Å². The molecule has 1 saturated heterocycles. The van der Waals surface area contributed by atoms with Crippen LogP contribution >= 0.6 is 11.3 Å². The van der Waals surface area contributed by atoms with Gasteiger partial charge in [-0.2, -0.15) is 0 Å². The molecule has 12 nitrogen and oxygen atoms in total. The number of aromatic nitrogens is 2. The number of hydrogen-bond acceptors (Lipinski definition) is 10. The molecule has 2 aliphatic heterocycles. The van der Waals surface area contributed by atoms with Crippen molar-refractivity contribution in [3.63, 3.8) is 0 Å². The van der Waals surface area contributed by atoms with Gasteiger partial charge in [-0.05, 0) is 57.6 Å². The van der Waals surface area contributed by atoms with Crippen molar-refractivity contribution in [2.24, 2.45) is 5.92 Å². The first kappa shape index (κ1) is 33.5. The first-order valence-electron chi connectivity index (χ1n) is 17.0. The molecule has 49 heavy (non-hydrogen) atoms. The number of benzene rings is 1. The zero-order valence-electron chi connectivity index (χ0n) is 27.6. The molecule has 4 atom stereocenters. The van der Waals surface area contributed by atoms with E-state index in [-0.39, 0.29) is 31.2 Å². The molecule has 260 valence electrons. The van der Waals surface area contributed by atoms with Gasteiger partial charge in [-0.25, -0.2) is 18.4 Å². The second-order valence-corrected chi connectivity index (χ2v) is 16.4. The number of hydrogen-bond donors (Lipinski definition) is 2. The minimum Gasteiger partial charge on any atom is -0.496 e. The maximum Gasteiger partial charge on any atom is 0.259 e. The molecule has 0 bridgehead atoms. The van der Waals surface area contributed by atoms with Crippen molar-refractivity contribution >= 4 is 50.0 Å². The van der Waals surface area contributed by atoms with Crippen LogP contribution in [0, 0.1) is 12.8 Å². The van der Waals surface area contributed by atoms with Crippen molar-refractivity contribution in [2.75, 3.05) is 13.7 Å². The van der Waals surface area contributed by atoms with E-state index in [1.807, 2.05) is 42.7 Å². The largest absolute Gasteiger partial charge is 0.496 e. The normalized spacial score (nSPS) is 26.9. The van der Waals surface area contributed by atoms with Crippen molar-refractivity contribution in [2.45, 2.75) is 94.1 Å². The molecule has 2 N–H and O–H groups in total. The average molecular weight is 708 g/mol. The van der Waals surface area contributed by atoms with Gasteiger partial charge < -0.3 is 19.7 Å². The van der Waals surface area contributed by atoms with Crippen LogP contribution in [0.15, 0.2) is 41.9 Å². The van der Waals surface area contributed by atoms with E-state index in [2.05, 4.69) is 15.0 Å². The SMILES string of the molecule is COc1ccc2c(O[C@@H]3C[C@H]4C(=O)N[C@]5(C(=O)NS(=O)(=O)C6CC6)C[C@H]5/C=C\CCCCCCC(=O)N4C3)cc(-c3nccs3)nc2c1C. The van der Waals surface area contributed by atoms with Gasteiger partial charge in [-0.15, -0.1) is 11.3 Å². The molecular formula is C35H41N5O7S2. The summed E-state index contributed by atoms with van der Waals surface area (Å²) in [6, 6.07) is 4.69. The van der Waals surface area contributed by atoms with Crippen LogP contribution in [0.2, 0.25) is 0 Å². The van der Waals surface area contributed by atoms with Gasteiger partial charge in [-0.1, -0.05) is 25.0 Å². The van der Waals surface area contributed by atoms with Crippen LogP contribution in [0.1, 0.15) is 69.8 Å². The van der Waals surface area contributed by atoms with Crippen LogP contribution < -0.4 is 19.5 Å². The summed E-state index contributed by atoms with van der Waals surface area (Å²) in [5.41, 5.74) is 0.782. The minimum absolute atomic E-state index is 0.148. The Balaban J connectivity index is 1.19. The lowest BCUT2D eigenvalue weighted by atomic mass is 10.1. The van der Waals surface area contributed by atoms with Crippen LogP contribution in [0.5, 0.6) is 11.5 Å². The second-order valence-electron chi connectivity index (χ2n) is 13.5. The maximum absolute atomic E-state index is 14.1. The van der Waals surface area contributed by atoms with Gasteiger partial charge in [0.25, 0.3) is 5.91 Å². The van der Waals surface area contributed by atoms with Gasteiger partial charge in [-0.3, -0.25) is 19.1 Å². The zero-order chi connectivity index (χ0) is 34.3. The Labute approximate surface area is 289 Å². The lowest BCUT2D eigenvalue weighted by Gasteiger charge is -2.26. The molecule has 3 amide bonds. The van der Waals surface area contributed by atoms with E-state index in [0.29, 0.717) is 48.4 Å². The highest BCUT2D eigenvalue weighted by Crippen LogP contribution is 2.46. The molecular weight excluding hydrogens is 667 g/mol. The molecule has 7 rings (SSSR count). The lowest BCUT2D eigenvalue weighted by molar-refractivity contribution is -0.139. The Morgan fingerprint density at radius 1 is 1.14 bits per heavy atom. The molecule has 4 aliphatic rings. The highest BCUT2D eigenvalue weighted by molar-refractivity contribution is 7.91. The van der Waals surface area contributed by atoms with E-state index in [9.17, 15) is 22.8 Å². The van der Waals surface area contributed by atoms with E-state index in [0.717, 1.165) is 41.6 Å². The first-order chi connectivity index (χ1) is 23.6. The number of thiazole rings is 1. The summed E-state index contributed by atoms with van der Waals surface area (Å²) in [5, 5.41) is 5.71. The smallest absolute Gasteiger partial charge is 0.259 e. The zero-order valence-corrected chi connectivity index (χ0v) is 29.3. The van der Waals surface area contributed by atoms with E-state index >= 15 is 0 Å². The molecule has 4 heterocycles. The molecule has 2 saturated carbocycles. The van der Waals surface area contributed by atoms with Crippen molar-refractivity contribution in [1.82, 2.24) is 24.9 Å². The fourth-order valence-corrected chi connectivity index (χ4v) is 8.97. The fraction of sp³-hybridized carbons (Fsp3) is 0.514. The van der Waals surface area contributed by atoms with Crippen LogP contribution in [-0.2, 0) is 24.4 Å². The number of ether oxygens (including phenoxy) is 2.